The van der Waals surface area contributed by atoms with Gasteiger partial charge in [-0.3, -0.25) is 28.7 Å². The highest BCUT2D eigenvalue weighted by atomic mass is 16.7. The van der Waals surface area contributed by atoms with Crippen molar-refractivity contribution >= 4 is 17.9 Å². The SMILES string of the molecule is CC(=O)OCC1OC(n2ccc(=O)[nH]c2=O)C(C)(OC(C)=O)C1OC(C)=O. The molecule has 11 heteroatoms. The lowest BCUT2D eigenvalue weighted by molar-refractivity contribution is -0.185. The van der Waals surface area contributed by atoms with Crippen LogP contribution in [0.5, 0.6) is 0 Å². The molecule has 2 rings (SSSR count). The minimum Gasteiger partial charge on any atom is -0.463 e. The van der Waals surface area contributed by atoms with E-state index >= 15 is 0 Å². The molecular weight excluding hydrogens is 364 g/mol. The molecule has 0 amide bonds. The Labute approximate surface area is 153 Å². The van der Waals surface area contributed by atoms with E-state index in [4.69, 9.17) is 18.9 Å². The molecule has 0 saturated carbocycles. The summed E-state index contributed by atoms with van der Waals surface area (Å²) < 4.78 is 22.3. The Hall–Kier alpha value is -2.95. The summed E-state index contributed by atoms with van der Waals surface area (Å²) in [6, 6.07) is 1.08. The van der Waals surface area contributed by atoms with E-state index in [0.29, 0.717) is 0 Å². The van der Waals surface area contributed by atoms with Gasteiger partial charge in [0.1, 0.15) is 12.7 Å². The molecule has 0 bridgehead atoms. The molecular formula is C16H20N2O9. The summed E-state index contributed by atoms with van der Waals surface area (Å²) >= 11 is 0. The van der Waals surface area contributed by atoms with Crippen LogP contribution >= 0.6 is 0 Å². The number of aromatic amines is 1. The molecule has 0 aromatic carbocycles. The van der Waals surface area contributed by atoms with E-state index in [2.05, 4.69) is 4.98 Å². The van der Waals surface area contributed by atoms with E-state index in [0.717, 1.165) is 30.7 Å². The molecule has 1 fully saturated rings. The summed E-state index contributed by atoms with van der Waals surface area (Å²) in [6.45, 7) is 4.58. The van der Waals surface area contributed by atoms with Crippen LogP contribution in [0.25, 0.3) is 0 Å². The first kappa shape index (κ1) is 20.4. The second-order valence-corrected chi connectivity index (χ2v) is 6.15. The highest BCUT2D eigenvalue weighted by Crippen LogP contribution is 2.42. The fraction of sp³-hybridized carbons (Fsp3) is 0.562. The number of H-pyrrole nitrogens is 1. The first-order valence-electron chi connectivity index (χ1n) is 8.01. The number of nitrogens with one attached hydrogen (secondary N) is 1. The largest absolute Gasteiger partial charge is 0.463 e. The fourth-order valence-electron chi connectivity index (χ4n) is 2.95. The maximum absolute atomic E-state index is 12.2. The van der Waals surface area contributed by atoms with Crippen molar-refractivity contribution in [3.8, 4) is 0 Å². The molecule has 1 aliphatic heterocycles. The Morgan fingerprint density at radius 2 is 1.85 bits per heavy atom. The average molecular weight is 384 g/mol. The maximum Gasteiger partial charge on any atom is 0.330 e. The number of carbonyl (C=O) groups is 3. The van der Waals surface area contributed by atoms with E-state index in [-0.39, 0.29) is 6.61 Å². The fourth-order valence-corrected chi connectivity index (χ4v) is 2.95. The maximum atomic E-state index is 12.2. The van der Waals surface area contributed by atoms with Gasteiger partial charge < -0.3 is 18.9 Å². The zero-order chi connectivity index (χ0) is 20.4. The van der Waals surface area contributed by atoms with Gasteiger partial charge in [-0.1, -0.05) is 0 Å². The number of carbonyl (C=O) groups excluding carboxylic acids is 3. The van der Waals surface area contributed by atoms with E-state index in [1.165, 1.54) is 13.8 Å². The number of hydrogen-bond acceptors (Lipinski definition) is 9. The summed E-state index contributed by atoms with van der Waals surface area (Å²) in [5.74, 6) is -2.00. The second-order valence-electron chi connectivity index (χ2n) is 6.15. The Morgan fingerprint density at radius 1 is 1.19 bits per heavy atom. The van der Waals surface area contributed by atoms with Crippen LogP contribution in [0.2, 0.25) is 0 Å². The number of rotatable bonds is 5. The molecule has 1 saturated heterocycles. The van der Waals surface area contributed by atoms with Gasteiger partial charge in [-0.2, -0.15) is 0 Å². The first-order valence-corrected chi connectivity index (χ1v) is 8.01. The van der Waals surface area contributed by atoms with Crippen LogP contribution in [0.4, 0.5) is 0 Å². The van der Waals surface area contributed by atoms with Gasteiger partial charge in [0.05, 0.1) is 0 Å². The van der Waals surface area contributed by atoms with Crippen LogP contribution in [-0.4, -0.2) is 51.9 Å². The zero-order valence-electron chi connectivity index (χ0n) is 15.2. The Morgan fingerprint density at radius 3 is 2.37 bits per heavy atom. The highest BCUT2D eigenvalue weighted by molar-refractivity contribution is 5.68. The zero-order valence-corrected chi connectivity index (χ0v) is 15.2. The van der Waals surface area contributed by atoms with E-state index in [1.807, 2.05) is 0 Å². The molecule has 0 aliphatic carbocycles. The Bertz CT molecular complexity index is 858. The van der Waals surface area contributed by atoms with Gasteiger partial charge >= 0.3 is 23.6 Å². The van der Waals surface area contributed by atoms with Crippen molar-refractivity contribution in [3.63, 3.8) is 0 Å². The third-order valence-electron chi connectivity index (χ3n) is 3.91. The number of hydrogen-bond donors (Lipinski definition) is 1. The Kier molecular flexibility index (Phi) is 5.84. The van der Waals surface area contributed by atoms with Crippen LogP contribution in [0.15, 0.2) is 21.9 Å². The number of nitrogens with zero attached hydrogens (tertiary/aromatic N) is 1. The predicted octanol–water partition coefficient (Wildman–Crippen LogP) is -0.749. The summed E-state index contributed by atoms with van der Waals surface area (Å²) in [5.41, 5.74) is -3.08. The van der Waals surface area contributed by atoms with Crippen LogP contribution in [0.3, 0.4) is 0 Å². The molecule has 11 nitrogen and oxygen atoms in total. The van der Waals surface area contributed by atoms with E-state index in [1.54, 1.807) is 0 Å². The molecule has 0 spiro atoms. The van der Waals surface area contributed by atoms with Crippen molar-refractivity contribution in [2.75, 3.05) is 6.61 Å². The van der Waals surface area contributed by atoms with Gasteiger partial charge in [-0.25, -0.2) is 4.79 Å². The van der Waals surface area contributed by atoms with Crippen LogP contribution in [-0.2, 0) is 33.3 Å². The third-order valence-corrected chi connectivity index (χ3v) is 3.91. The molecule has 148 valence electrons. The minimum atomic E-state index is -1.63. The van der Waals surface area contributed by atoms with Crippen molar-refractivity contribution in [1.82, 2.24) is 9.55 Å². The molecule has 1 aliphatic rings. The van der Waals surface area contributed by atoms with Crippen LogP contribution < -0.4 is 11.2 Å². The highest BCUT2D eigenvalue weighted by Gasteiger charge is 2.60. The van der Waals surface area contributed by atoms with Crippen LogP contribution in [0.1, 0.15) is 33.9 Å². The quantitative estimate of drug-likeness (QED) is 0.512. The van der Waals surface area contributed by atoms with Gasteiger partial charge in [0.15, 0.2) is 17.9 Å². The number of aromatic nitrogens is 2. The smallest absolute Gasteiger partial charge is 0.330 e. The van der Waals surface area contributed by atoms with Gasteiger partial charge in [0, 0.05) is 33.0 Å². The Balaban J connectivity index is 2.53. The molecule has 0 radical (unpaired) electrons. The molecule has 4 atom stereocenters. The predicted molar refractivity (Wildman–Crippen MR) is 87.6 cm³/mol. The molecule has 4 unspecified atom stereocenters. The van der Waals surface area contributed by atoms with Crippen molar-refractivity contribution in [2.24, 2.45) is 0 Å². The van der Waals surface area contributed by atoms with Crippen molar-refractivity contribution < 1.29 is 33.3 Å². The molecule has 1 aromatic heterocycles. The molecule has 1 N–H and O–H groups in total. The summed E-state index contributed by atoms with van der Waals surface area (Å²) in [5, 5.41) is 0. The average Bonchev–Trinajstić information content (AvgIpc) is 2.77. The monoisotopic (exact) mass is 384 g/mol. The van der Waals surface area contributed by atoms with Crippen LogP contribution in [0, 0.1) is 0 Å². The molecule has 27 heavy (non-hydrogen) atoms. The van der Waals surface area contributed by atoms with Crippen molar-refractivity contribution in [2.45, 2.75) is 51.7 Å². The van der Waals surface area contributed by atoms with Gasteiger partial charge in [0.2, 0.25) is 0 Å². The lowest BCUT2D eigenvalue weighted by atomic mass is 9.95. The normalized spacial score (nSPS) is 27.0. The lowest BCUT2D eigenvalue weighted by Gasteiger charge is -2.34. The summed E-state index contributed by atoms with van der Waals surface area (Å²) in [6.07, 6.45) is -2.30. The van der Waals surface area contributed by atoms with Crippen molar-refractivity contribution in [3.05, 3.63) is 33.1 Å². The summed E-state index contributed by atoms with van der Waals surface area (Å²) in [4.78, 5) is 60.0. The van der Waals surface area contributed by atoms with E-state index in [9.17, 15) is 24.0 Å². The standard InChI is InChI=1S/C16H20N2O9/c1-8(19)24-7-11-13(25-9(2)20)16(4,27-10(3)21)14(26-11)18-6-5-12(22)17-15(18)23/h5-6,11,13-14H,7H2,1-4H3,(H,17,22,23). The van der Waals surface area contributed by atoms with Gasteiger partial charge in [-0.05, 0) is 6.92 Å². The first-order chi connectivity index (χ1) is 12.5. The lowest BCUT2D eigenvalue weighted by Crippen LogP contribution is -2.51. The minimum absolute atomic E-state index is 0.307. The number of esters is 3. The van der Waals surface area contributed by atoms with E-state index < -0.39 is 53.2 Å². The molecule has 1 aromatic rings. The van der Waals surface area contributed by atoms with Gasteiger partial charge in [0.25, 0.3) is 5.56 Å². The topological polar surface area (TPSA) is 143 Å². The second kappa shape index (κ2) is 7.74. The van der Waals surface area contributed by atoms with Crippen molar-refractivity contribution in [1.29, 1.82) is 0 Å². The van der Waals surface area contributed by atoms with Gasteiger partial charge in [-0.15, -0.1) is 0 Å². The summed E-state index contributed by atoms with van der Waals surface area (Å²) in [7, 11) is 0. The molecule has 2 heterocycles. The third kappa shape index (κ3) is 4.42. The number of ether oxygens (including phenoxy) is 4.